The van der Waals surface area contributed by atoms with Gasteiger partial charge >= 0.3 is 5.97 Å². The highest BCUT2D eigenvalue weighted by Crippen LogP contribution is 2.35. The molecule has 2 nitrogen and oxygen atoms in total. The normalized spacial score (nSPS) is 28.4. The molecule has 0 radical (unpaired) electrons. The van der Waals surface area contributed by atoms with Crippen LogP contribution in [0.4, 0.5) is 0 Å². The molecule has 0 aromatic carbocycles. The van der Waals surface area contributed by atoms with Gasteiger partial charge in [0.1, 0.15) is 6.10 Å². The van der Waals surface area contributed by atoms with Crippen molar-refractivity contribution < 1.29 is 9.53 Å². The molecule has 0 aromatic rings. The van der Waals surface area contributed by atoms with Crippen molar-refractivity contribution in [1.82, 2.24) is 0 Å². The lowest BCUT2D eigenvalue weighted by molar-refractivity contribution is -0.154. The second-order valence-corrected chi connectivity index (χ2v) is 6.28. The first kappa shape index (κ1) is 15.5. The van der Waals surface area contributed by atoms with Crippen LogP contribution in [0.2, 0.25) is 0 Å². The molecule has 1 rings (SSSR count). The molecule has 0 spiro atoms. The summed E-state index contributed by atoms with van der Waals surface area (Å²) in [6.45, 7) is 8.93. The average Bonchev–Trinajstić information content (AvgIpc) is 2.32. The number of hydrogen-bond acceptors (Lipinski definition) is 2. The monoisotopic (exact) mass is 254 g/mol. The second-order valence-electron chi connectivity index (χ2n) is 6.28. The summed E-state index contributed by atoms with van der Waals surface area (Å²) in [4.78, 5) is 11.8. The summed E-state index contributed by atoms with van der Waals surface area (Å²) < 4.78 is 5.69. The van der Waals surface area contributed by atoms with E-state index in [1.165, 1.54) is 12.8 Å². The zero-order valence-electron chi connectivity index (χ0n) is 12.6. The van der Waals surface area contributed by atoms with Gasteiger partial charge in [-0.05, 0) is 43.4 Å². The Bertz CT molecular complexity index is 247. The summed E-state index contributed by atoms with van der Waals surface area (Å²) in [5, 5.41) is 0. The van der Waals surface area contributed by atoms with E-state index in [0.717, 1.165) is 31.6 Å². The van der Waals surface area contributed by atoms with Gasteiger partial charge in [0, 0.05) is 6.42 Å². The lowest BCUT2D eigenvalue weighted by atomic mass is 9.76. The van der Waals surface area contributed by atoms with Gasteiger partial charge in [-0.15, -0.1) is 0 Å². The standard InChI is InChI=1S/C16H30O2/c1-5-6-7-8-16(17)18-15-11-14(12(2)3)10-9-13(15)4/h12-15H,5-11H2,1-4H3/t13-,14-,15-/m1/s1. The molecule has 1 aliphatic rings. The van der Waals surface area contributed by atoms with E-state index in [1.54, 1.807) is 0 Å². The van der Waals surface area contributed by atoms with E-state index >= 15 is 0 Å². The van der Waals surface area contributed by atoms with Crippen LogP contribution < -0.4 is 0 Å². The molecule has 3 atom stereocenters. The van der Waals surface area contributed by atoms with Crippen molar-refractivity contribution in [1.29, 1.82) is 0 Å². The molecule has 106 valence electrons. The molecule has 2 heteroatoms. The lowest BCUT2D eigenvalue weighted by Crippen LogP contribution is -2.33. The maximum atomic E-state index is 11.8. The van der Waals surface area contributed by atoms with Crippen molar-refractivity contribution in [2.24, 2.45) is 17.8 Å². The maximum absolute atomic E-state index is 11.8. The predicted octanol–water partition coefficient (Wildman–Crippen LogP) is 4.57. The Kier molecular flexibility index (Phi) is 6.73. The van der Waals surface area contributed by atoms with Crippen LogP contribution in [0.25, 0.3) is 0 Å². The fraction of sp³-hybridized carbons (Fsp3) is 0.938. The van der Waals surface area contributed by atoms with Crippen LogP contribution in [-0.2, 0) is 9.53 Å². The SMILES string of the molecule is CCCCCC(=O)O[C@@H]1C[C@H](C(C)C)CC[C@H]1C. The topological polar surface area (TPSA) is 26.3 Å². The van der Waals surface area contributed by atoms with Crippen LogP contribution in [-0.4, -0.2) is 12.1 Å². The minimum atomic E-state index is 0.0182. The summed E-state index contributed by atoms with van der Waals surface area (Å²) in [6, 6.07) is 0. The van der Waals surface area contributed by atoms with E-state index in [1.807, 2.05) is 0 Å². The first-order valence-corrected chi connectivity index (χ1v) is 7.74. The number of esters is 1. The highest BCUT2D eigenvalue weighted by Gasteiger charge is 2.31. The van der Waals surface area contributed by atoms with E-state index in [4.69, 9.17) is 4.74 Å². The first-order valence-electron chi connectivity index (χ1n) is 7.74. The molecule has 0 heterocycles. The zero-order chi connectivity index (χ0) is 13.5. The van der Waals surface area contributed by atoms with Crippen molar-refractivity contribution >= 4 is 5.97 Å². The summed E-state index contributed by atoms with van der Waals surface area (Å²) in [6.07, 6.45) is 7.59. The third-order valence-electron chi connectivity index (χ3n) is 4.37. The van der Waals surface area contributed by atoms with Gasteiger partial charge in [0.05, 0.1) is 0 Å². The van der Waals surface area contributed by atoms with Crippen LogP contribution in [0.5, 0.6) is 0 Å². The minimum absolute atomic E-state index is 0.0182. The molecule has 1 fully saturated rings. The van der Waals surface area contributed by atoms with Crippen molar-refractivity contribution in [3.05, 3.63) is 0 Å². The third-order valence-corrected chi connectivity index (χ3v) is 4.37. The summed E-state index contributed by atoms with van der Waals surface area (Å²) in [5.41, 5.74) is 0. The van der Waals surface area contributed by atoms with Crippen LogP contribution in [0.3, 0.4) is 0 Å². The highest BCUT2D eigenvalue weighted by atomic mass is 16.5. The largest absolute Gasteiger partial charge is 0.462 e. The number of carbonyl (C=O) groups excluding carboxylic acids is 1. The Morgan fingerprint density at radius 3 is 2.61 bits per heavy atom. The minimum Gasteiger partial charge on any atom is -0.462 e. The van der Waals surface area contributed by atoms with Gasteiger partial charge in [0.2, 0.25) is 0 Å². The fourth-order valence-electron chi connectivity index (χ4n) is 2.83. The van der Waals surface area contributed by atoms with Gasteiger partial charge in [0.25, 0.3) is 0 Å². The van der Waals surface area contributed by atoms with E-state index in [-0.39, 0.29) is 12.1 Å². The smallest absolute Gasteiger partial charge is 0.306 e. The fourth-order valence-corrected chi connectivity index (χ4v) is 2.83. The molecular formula is C16H30O2. The lowest BCUT2D eigenvalue weighted by Gasteiger charge is -2.35. The number of unbranched alkanes of at least 4 members (excludes halogenated alkanes) is 2. The number of ether oxygens (including phenoxy) is 1. The Balaban J connectivity index is 2.36. The van der Waals surface area contributed by atoms with Gasteiger partial charge in [-0.2, -0.15) is 0 Å². The van der Waals surface area contributed by atoms with Crippen molar-refractivity contribution in [3.63, 3.8) is 0 Å². The second kappa shape index (κ2) is 7.81. The van der Waals surface area contributed by atoms with Crippen molar-refractivity contribution in [2.45, 2.75) is 78.7 Å². The Hall–Kier alpha value is -0.530. The molecule has 18 heavy (non-hydrogen) atoms. The van der Waals surface area contributed by atoms with E-state index in [9.17, 15) is 4.79 Å². The average molecular weight is 254 g/mol. The molecule has 0 aliphatic heterocycles. The number of hydrogen-bond donors (Lipinski definition) is 0. The predicted molar refractivity (Wildman–Crippen MR) is 75.4 cm³/mol. The van der Waals surface area contributed by atoms with E-state index in [2.05, 4.69) is 27.7 Å². The Labute approximate surface area is 112 Å². The molecule has 0 aromatic heterocycles. The van der Waals surface area contributed by atoms with Gasteiger partial charge in [-0.25, -0.2) is 0 Å². The molecule has 0 unspecified atom stereocenters. The highest BCUT2D eigenvalue weighted by molar-refractivity contribution is 5.69. The molecule has 1 saturated carbocycles. The zero-order valence-corrected chi connectivity index (χ0v) is 12.6. The Morgan fingerprint density at radius 1 is 1.28 bits per heavy atom. The maximum Gasteiger partial charge on any atom is 0.306 e. The van der Waals surface area contributed by atoms with Crippen LogP contribution in [0.1, 0.15) is 72.6 Å². The molecule has 0 bridgehead atoms. The van der Waals surface area contributed by atoms with Crippen LogP contribution in [0, 0.1) is 17.8 Å². The van der Waals surface area contributed by atoms with E-state index < -0.39 is 0 Å². The first-order chi connectivity index (χ1) is 8.54. The molecular weight excluding hydrogens is 224 g/mol. The van der Waals surface area contributed by atoms with Crippen molar-refractivity contribution in [3.8, 4) is 0 Å². The number of carbonyl (C=O) groups is 1. The summed E-state index contributed by atoms with van der Waals surface area (Å²) >= 11 is 0. The molecule has 1 aliphatic carbocycles. The van der Waals surface area contributed by atoms with Gasteiger partial charge in [-0.1, -0.05) is 40.5 Å². The van der Waals surface area contributed by atoms with E-state index in [0.29, 0.717) is 18.3 Å². The van der Waals surface area contributed by atoms with Crippen LogP contribution >= 0.6 is 0 Å². The van der Waals surface area contributed by atoms with Gasteiger partial charge < -0.3 is 4.74 Å². The molecule has 0 N–H and O–H groups in total. The Morgan fingerprint density at radius 2 is 2.00 bits per heavy atom. The third kappa shape index (κ3) is 4.99. The number of rotatable bonds is 6. The summed E-state index contributed by atoms with van der Waals surface area (Å²) in [5.74, 6) is 1.99. The van der Waals surface area contributed by atoms with Crippen molar-refractivity contribution in [2.75, 3.05) is 0 Å². The molecule has 0 amide bonds. The summed E-state index contributed by atoms with van der Waals surface area (Å²) in [7, 11) is 0. The van der Waals surface area contributed by atoms with Gasteiger partial charge in [0.15, 0.2) is 0 Å². The van der Waals surface area contributed by atoms with Gasteiger partial charge in [-0.3, -0.25) is 4.79 Å². The van der Waals surface area contributed by atoms with Crippen LogP contribution in [0.15, 0.2) is 0 Å². The molecule has 0 saturated heterocycles. The quantitative estimate of drug-likeness (QED) is 0.512.